The molecule has 4 aliphatic rings. The molecule has 4 atom stereocenters. The number of nitrogens with one attached hydrogen (secondary N) is 1. The maximum Gasteiger partial charge on any atom is 0.234 e. The molecule has 1 N–H and O–H groups in total. The average molecular weight is 420 g/mol. The summed E-state index contributed by atoms with van der Waals surface area (Å²) in [6.45, 7) is 0.528. The predicted molar refractivity (Wildman–Crippen MR) is 110 cm³/mol. The largest absolute Gasteiger partial charge is 0.497 e. The number of fused-ring (bicyclic) bond motifs is 2. The number of benzene rings is 2. The Morgan fingerprint density at radius 1 is 1.19 bits per heavy atom. The van der Waals surface area contributed by atoms with E-state index < -0.39 is 23.5 Å². The lowest BCUT2D eigenvalue weighted by atomic mass is 9.77. The molecule has 2 saturated heterocycles. The van der Waals surface area contributed by atoms with E-state index in [-0.39, 0.29) is 18.6 Å². The average Bonchev–Trinajstić information content (AvgIpc) is 3.54. The number of amides is 2. The van der Waals surface area contributed by atoms with Crippen LogP contribution in [0.3, 0.4) is 0 Å². The number of rotatable bonds is 4. The molecule has 2 amide bonds. The highest BCUT2D eigenvalue weighted by atomic mass is 16.7. The third-order valence-electron chi connectivity index (χ3n) is 6.41. The fourth-order valence-corrected chi connectivity index (χ4v) is 4.99. The summed E-state index contributed by atoms with van der Waals surface area (Å²) in [7, 11) is 1.59. The van der Waals surface area contributed by atoms with Crippen molar-refractivity contribution in [1.82, 2.24) is 0 Å². The van der Waals surface area contributed by atoms with Crippen LogP contribution >= 0.6 is 0 Å². The van der Waals surface area contributed by atoms with Gasteiger partial charge in [0.15, 0.2) is 11.5 Å². The summed E-state index contributed by atoms with van der Waals surface area (Å²) in [5.41, 5.74) is 0.524. The Bertz CT molecular complexity index is 1130. The van der Waals surface area contributed by atoms with Crippen LogP contribution in [0.25, 0.3) is 0 Å². The Kier molecular flexibility index (Phi) is 3.82. The first-order valence-corrected chi connectivity index (χ1v) is 10.1. The highest BCUT2D eigenvalue weighted by Gasteiger charge is 2.67. The molecule has 0 aromatic heterocycles. The zero-order valence-electron chi connectivity index (χ0n) is 16.7. The van der Waals surface area contributed by atoms with E-state index in [0.29, 0.717) is 29.5 Å². The molecule has 8 heteroatoms. The molecule has 2 unspecified atom stereocenters. The Morgan fingerprint density at radius 3 is 2.94 bits per heavy atom. The summed E-state index contributed by atoms with van der Waals surface area (Å²) >= 11 is 0. The van der Waals surface area contributed by atoms with E-state index in [9.17, 15) is 9.59 Å². The fourth-order valence-electron chi connectivity index (χ4n) is 4.99. The van der Waals surface area contributed by atoms with Gasteiger partial charge in [-0.15, -0.1) is 0 Å². The summed E-state index contributed by atoms with van der Waals surface area (Å²) < 4.78 is 22.2. The molecule has 2 bridgehead atoms. The SMILES string of the molecule is COc1cccc(N2C[C@@]34C=C[C@@H](O3)C(C(=O)Nc3ccc5c(c3)OCO5)C4C2=O)c1. The fraction of sp³-hybridized carbons (Fsp3) is 0.304. The van der Waals surface area contributed by atoms with Crippen LogP contribution in [0.2, 0.25) is 0 Å². The molecule has 4 heterocycles. The molecule has 158 valence electrons. The van der Waals surface area contributed by atoms with E-state index in [1.165, 1.54) is 0 Å². The zero-order valence-corrected chi connectivity index (χ0v) is 16.7. The topological polar surface area (TPSA) is 86.3 Å². The molecular formula is C23H20N2O6. The van der Waals surface area contributed by atoms with Gasteiger partial charge >= 0.3 is 0 Å². The lowest BCUT2D eigenvalue weighted by molar-refractivity contribution is -0.128. The van der Waals surface area contributed by atoms with Crippen molar-refractivity contribution >= 4 is 23.2 Å². The normalized spacial score (nSPS) is 29.4. The van der Waals surface area contributed by atoms with Gasteiger partial charge in [0.25, 0.3) is 0 Å². The summed E-state index contributed by atoms with van der Waals surface area (Å²) in [6, 6.07) is 12.6. The van der Waals surface area contributed by atoms with Crippen LogP contribution in [0.4, 0.5) is 11.4 Å². The Labute approximate surface area is 178 Å². The second-order valence-electron chi connectivity index (χ2n) is 8.08. The lowest BCUT2D eigenvalue weighted by Gasteiger charge is -2.23. The van der Waals surface area contributed by atoms with Gasteiger partial charge in [0.05, 0.1) is 31.6 Å². The summed E-state index contributed by atoms with van der Waals surface area (Å²) in [4.78, 5) is 28.4. The molecule has 2 aromatic rings. The van der Waals surface area contributed by atoms with Crippen molar-refractivity contribution in [3.8, 4) is 17.2 Å². The van der Waals surface area contributed by atoms with E-state index in [1.54, 1.807) is 30.2 Å². The summed E-state index contributed by atoms with van der Waals surface area (Å²) in [5, 5.41) is 2.92. The highest BCUT2D eigenvalue weighted by Crippen LogP contribution is 2.53. The molecule has 0 radical (unpaired) electrons. The van der Waals surface area contributed by atoms with E-state index in [0.717, 1.165) is 5.69 Å². The minimum absolute atomic E-state index is 0.120. The number of hydrogen-bond acceptors (Lipinski definition) is 6. The number of carbonyl (C=O) groups is 2. The molecule has 1 spiro atoms. The maximum absolute atomic E-state index is 13.4. The third-order valence-corrected chi connectivity index (χ3v) is 6.41. The minimum atomic E-state index is -0.790. The van der Waals surface area contributed by atoms with Crippen molar-refractivity contribution in [2.45, 2.75) is 11.7 Å². The van der Waals surface area contributed by atoms with E-state index in [4.69, 9.17) is 18.9 Å². The van der Waals surface area contributed by atoms with Gasteiger partial charge < -0.3 is 29.2 Å². The van der Waals surface area contributed by atoms with Gasteiger partial charge in [-0.25, -0.2) is 0 Å². The van der Waals surface area contributed by atoms with Crippen molar-refractivity contribution in [3.05, 3.63) is 54.6 Å². The van der Waals surface area contributed by atoms with Gasteiger partial charge in [0, 0.05) is 23.5 Å². The minimum Gasteiger partial charge on any atom is -0.497 e. The number of ether oxygens (including phenoxy) is 4. The van der Waals surface area contributed by atoms with Gasteiger partial charge in [-0.05, 0) is 24.3 Å². The van der Waals surface area contributed by atoms with Gasteiger partial charge in [-0.3, -0.25) is 9.59 Å². The van der Waals surface area contributed by atoms with Crippen molar-refractivity contribution in [2.24, 2.45) is 11.8 Å². The van der Waals surface area contributed by atoms with Gasteiger partial charge in [0.2, 0.25) is 18.6 Å². The van der Waals surface area contributed by atoms with Gasteiger partial charge in [-0.1, -0.05) is 18.2 Å². The molecule has 0 aliphatic carbocycles. The summed E-state index contributed by atoms with van der Waals surface area (Å²) in [6.07, 6.45) is 3.41. The van der Waals surface area contributed by atoms with Crippen LogP contribution < -0.4 is 24.4 Å². The molecular weight excluding hydrogens is 400 g/mol. The molecule has 2 fully saturated rings. The second-order valence-corrected chi connectivity index (χ2v) is 8.08. The summed E-state index contributed by atoms with van der Waals surface area (Å²) in [5.74, 6) is 0.327. The first-order chi connectivity index (χ1) is 15.1. The predicted octanol–water partition coefficient (Wildman–Crippen LogP) is 2.35. The van der Waals surface area contributed by atoms with E-state index >= 15 is 0 Å². The van der Waals surface area contributed by atoms with E-state index in [1.807, 2.05) is 36.4 Å². The molecule has 31 heavy (non-hydrogen) atoms. The standard InChI is InChI=1S/C23H20N2O6/c1-28-15-4-2-3-14(10-15)25-11-23-8-7-17(31-23)19(20(23)22(25)27)21(26)24-13-5-6-16-18(9-13)30-12-29-16/h2-10,17,19-20H,11-12H2,1H3,(H,24,26)/t17-,19?,20?,23-/m1/s1. The first kappa shape index (κ1) is 18.3. The number of anilines is 2. The molecule has 0 saturated carbocycles. The van der Waals surface area contributed by atoms with Crippen LogP contribution in [-0.4, -0.2) is 44.0 Å². The lowest BCUT2D eigenvalue weighted by Crippen LogP contribution is -2.41. The van der Waals surface area contributed by atoms with Crippen molar-refractivity contribution in [3.63, 3.8) is 0 Å². The third kappa shape index (κ3) is 2.64. The van der Waals surface area contributed by atoms with Gasteiger partial charge in [-0.2, -0.15) is 0 Å². The second kappa shape index (κ2) is 6.49. The van der Waals surface area contributed by atoms with Gasteiger partial charge in [0.1, 0.15) is 11.4 Å². The van der Waals surface area contributed by atoms with E-state index in [2.05, 4.69) is 5.32 Å². The van der Waals surface area contributed by atoms with Crippen LogP contribution in [0.15, 0.2) is 54.6 Å². The van der Waals surface area contributed by atoms with Crippen LogP contribution in [0.1, 0.15) is 0 Å². The highest BCUT2D eigenvalue weighted by molar-refractivity contribution is 6.05. The van der Waals surface area contributed by atoms with Crippen LogP contribution in [-0.2, 0) is 14.3 Å². The monoisotopic (exact) mass is 420 g/mol. The number of carbonyl (C=O) groups excluding carboxylic acids is 2. The molecule has 2 aromatic carbocycles. The smallest absolute Gasteiger partial charge is 0.234 e. The molecule has 6 rings (SSSR count). The quantitative estimate of drug-likeness (QED) is 0.765. The Morgan fingerprint density at radius 2 is 2.06 bits per heavy atom. The van der Waals surface area contributed by atoms with Crippen molar-refractivity contribution in [2.75, 3.05) is 30.7 Å². The maximum atomic E-state index is 13.4. The zero-order chi connectivity index (χ0) is 21.2. The first-order valence-electron chi connectivity index (χ1n) is 10.1. The van der Waals surface area contributed by atoms with Crippen LogP contribution in [0, 0.1) is 11.8 Å². The molecule has 8 nitrogen and oxygen atoms in total. The van der Waals surface area contributed by atoms with Crippen molar-refractivity contribution in [1.29, 1.82) is 0 Å². The van der Waals surface area contributed by atoms with Crippen LogP contribution in [0.5, 0.6) is 17.2 Å². The Hall–Kier alpha value is -3.52. The molecule has 4 aliphatic heterocycles. The number of nitrogens with zero attached hydrogens (tertiary/aromatic N) is 1. The van der Waals surface area contributed by atoms with Crippen molar-refractivity contribution < 1.29 is 28.5 Å². The number of methoxy groups -OCH3 is 1. The Balaban J connectivity index is 1.28. The number of hydrogen-bond donors (Lipinski definition) is 1.